The molecule has 1 aromatic carbocycles. The summed E-state index contributed by atoms with van der Waals surface area (Å²) in [4.78, 5) is 15.9. The van der Waals surface area contributed by atoms with Gasteiger partial charge in [-0.3, -0.25) is 10.1 Å². The first kappa shape index (κ1) is 12.0. The maximum atomic E-state index is 13.0. The number of halogens is 1. The molecule has 4 nitrogen and oxygen atoms in total. The van der Waals surface area contributed by atoms with Crippen LogP contribution < -0.4 is 5.32 Å². The lowest BCUT2D eigenvalue weighted by Crippen LogP contribution is -2.11. The van der Waals surface area contributed by atoms with E-state index in [1.165, 1.54) is 18.2 Å². The number of carbonyl (C=O) groups excluding carboxylic acids is 1. The summed E-state index contributed by atoms with van der Waals surface area (Å²) < 4.78 is 16.9. The predicted octanol–water partition coefficient (Wildman–Crippen LogP) is 2.53. The fraction of sp³-hybridized carbons (Fsp3) is 0.100. The summed E-state index contributed by atoms with van der Waals surface area (Å²) in [6.45, 7) is 1.73. The van der Waals surface area contributed by atoms with Crippen LogP contribution in [-0.2, 0) is 0 Å². The lowest BCUT2D eigenvalue weighted by molar-refractivity contribution is 0.102. The van der Waals surface area contributed by atoms with Gasteiger partial charge in [0, 0.05) is 22.0 Å². The summed E-state index contributed by atoms with van der Waals surface area (Å²) in [6, 6.07) is 3.95. The molecule has 2 rings (SSSR count). The Morgan fingerprint density at radius 2 is 2.29 bits per heavy atom. The molecule has 0 spiro atoms. The highest BCUT2D eigenvalue weighted by atomic mass is 32.1. The van der Waals surface area contributed by atoms with E-state index < -0.39 is 5.82 Å². The van der Waals surface area contributed by atoms with Crippen molar-refractivity contribution in [2.24, 2.45) is 0 Å². The molecule has 0 unspecified atom stereocenters. The first-order chi connectivity index (χ1) is 8.06. The zero-order valence-electron chi connectivity index (χ0n) is 8.77. The fourth-order valence-corrected chi connectivity index (χ4v) is 1.96. The van der Waals surface area contributed by atoms with Gasteiger partial charge in [-0.1, -0.05) is 0 Å². The highest BCUT2D eigenvalue weighted by Gasteiger charge is 2.10. The van der Waals surface area contributed by atoms with Gasteiger partial charge in [0.05, 0.1) is 0 Å². The van der Waals surface area contributed by atoms with Crippen LogP contribution in [0, 0.1) is 12.7 Å². The number of aryl methyl sites for hydroxylation is 1. The number of hydrogen-bond acceptors (Lipinski definition) is 5. The maximum absolute atomic E-state index is 13.0. The Labute approximate surface area is 106 Å². The van der Waals surface area contributed by atoms with Gasteiger partial charge in [0.25, 0.3) is 5.91 Å². The molecule has 0 radical (unpaired) electrons. The molecule has 1 heterocycles. The number of rotatable bonds is 2. The first-order valence-electron chi connectivity index (χ1n) is 4.66. The zero-order chi connectivity index (χ0) is 12.4. The second-order valence-corrected chi connectivity index (χ2v) is 4.50. The van der Waals surface area contributed by atoms with Gasteiger partial charge in [0.1, 0.15) is 11.6 Å². The molecule has 1 N–H and O–H groups in total. The van der Waals surface area contributed by atoms with Crippen LogP contribution in [0.1, 0.15) is 16.2 Å². The smallest absolute Gasteiger partial charge is 0.257 e. The van der Waals surface area contributed by atoms with E-state index in [0.29, 0.717) is 16.5 Å². The second kappa shape index (κ2) is 4.80. The summed E-state index contributed by atoms with van der Waals surface area (Å²) in [5, 5.41) is 2.99. The van der Waals surface area contributed by atoms with E-state index in [4.69, 9.17) is 0 Å². The third-order valence-corrected chi connectivity index (χ3v) is 3.02. The van der Waals surface area contributed by atoms with Crippen molar-refractivity contribution in [3.63, 3.8) is 0 Å². The Balaban J connectivity index is 2.17. The molecule has 0 aliphatic carbocycles. The molecule has 0 atom stereocenters. The van der Waals surface area contributed by atoms with Gasteiger partial charge in [-0.15, -0.1) is 12.6 Å². The van der Waals surface area contributed by atoms with Crippen LogP contribution in [0.3, 0.4) is 0 Å². The van der Waals surface area contributed by atoms with Crippen molar-refractivity contribution in [1.29, 1.82) is 0 Å². The van der Waals surface area contributed by atoms with Gasteiger partial charge in [-0.05, 0) is 25.1 Å². The third kappa shape index (κ3) is 2.80. The lowest BCUT2D eigenvalue weighted by Gasteiger charge is -2.02. The first-order valence-corrected chi connectivity index (χ1v) is 5.88. The van der Waals surface area contributed by atoms with Crippen LogP contribution in [0.15, 0.2) is 23.1 Å². The standard InChI is InChI=1S/C10H8FN3OS2/c1-5-12-10(17-14-5)13-9(15)6-2-3-7(11)8(16)4-6/h2-4,16H,1H3,(H,12,13,14,15). The molecule has 7 heteroatoms. The molecular formula is C10H8FN3OS2. The average molecular weight is 269 g/mol. The van der Waals surface area contributed by atoms with Crippen LogP contribution in [0.4, 0.5) is 9.52 Å². The Hall–Kier alpha value is -1.47. The normalized spacial score (nSPS) is 10.3. The van der Waals surface area contributed by atoms with Crippen molar-refractivity contribution in [3.8, 4) is 0 Å². The van der Waals surface area contributed by atoms with Gasteiger partial charge >= 0.3 is 0 Å². The summed E-state index contributed by atoms with van der Waals surface area (Å²) in [7, 11) is 0. The van der Waals surface area contributed by atoms with Crippen LogP contribution in [0.25, 0.3) is 0 Å². The van der Waals surface area contributed by atoms with Crippen molar-refractivity contribution in [2.45, 2.75) is 11.8 Å². The highest BCUT2D eigenvalue weighted by molar-refractivity contribution is 7.80. The molecule has 0 aliphatic rings. The Bertz CT molecular complexity index is 570. The van der Waals surface area contributed by atoms with E-state index in [1.807, 2.05) is 0 Å². The number of nitrogens with zero attached hydrogens (tertiary/aromatic N) is 2. The van der Waals surface area contributed by atoms with Crippen LogP contribution in [0.2, 0.25) is 0 Å². The Kier molecular flexibility index (Phi) is 3.39. The molecule has 17 heavy (non-hydrogen) atoms. The number of benzene rings is 1. The van der Waals surface area contributed by atoms with Gasteiger partial charge in [-0.2, -0.15) is 4.37 Å². The van der Waals surface area contributed by atoms with Crippen LogP contribution >= 0.6 is 24.2 Å². The minimum absolute atomic E-state index is 0.131. The number of nitrogens with one attached hydrogen (secondary N) is 1. The number of aromatic nitrogens is 2. The van der Waals surface area contributed by atoms with E-state index >= 15 is 0 Å². The molecule has 0 fully saturated rings. The number of anilines is 1. The number of amides is 1. The second-order valence-electron chi connectivity index (χ2n) is 3.27. The maximum Gasteiger partial charge on any atom is 0.257 e. The van der Waals surface area contributed by atoms with Crippen LogP contribution in [-0.4, -0.2) is 15.3 Å². The minimum Gasteiger partial charge on any atom is -0.297 e. The largest absolute Gasteiger partial charge is 0.297 e. The molecule has 0 saturated carbocycles. The van der Waals surface area contributed by atoms with Gasteiger partial charge in [0.2, 0.25) is 5.13 Å². The minimum atomic E-state index is -0.461. The highest BCUT2D eigenvalue weighted by Crippen LogP contribution is 2.16. The van der Waals surface area contributed by atoms with Crippen LogP contribution in [0.5, 0.6) is 0 Å². The Morgan fingerprint density at radius 3 is 2.88 bits per heavy atom. The molecule has 0 saturated heterocycles. The number of thiol groups is 1. The summed E-state index contributed by atoms with van der Waals surface area (Å²) in [6.07, 6.45) is 0. The van der Waals surface area contributed by atoms with Crippen molar-refractivity contribution >= 4 is 35.2 Å². The molecule has 0 aliphatic heterocycles. The van der Waals surface area contributed by atoms with E-state index in [0.717, 1.165) is 11.5 Å². The molecule has 1 aromatic heterocycles. The van der Waals surface area contributed by atoms with E-state index in [9.17, 15) is 9.18 Å². The molecule has 1 amide bonds. The monoisotopic (exact) mass is 269 g/mol. The quantitative estimate of drug-likeness (QED) is 0.824. The molecule has 0 bridgehead atoms. The van der Waals surface area contributed by atoms with Gasteiger partial charge in [-0.25, -0.2) is 9.37 Å². The third-order valence-electron chi connectivity index (χ3n) is 1.96. The van der Waals surface area contributed by atoms with Crippen molar-refractivity contribution in [3.05, 3.63) is 35.4 Å². The molecular weight excluding hydrogens is 261 g/mol. The predicted molar refractivity (Wildman–Crippen MR) is 66.3 cm³/mol. The van der Waals surface area contributed by atoms with Crippen molar-refractivity contribution < 1.29 is 9.18 Å². The SMILES string of the molecule is Cc1nsc(NC(=O)c2ccc(F)c(S)c2)n1. The summed E-state index contributed by atoms with van der Waals surface area (Å²) in [5.74, 6) is -0.229. The molecule has 2 aromatic rings. The molecule has 88 valence electrons. The van der Waals surface area contributed by atoms with Gasteiger partial charge in [0.15, 0.2) is 0 Å². The van der Waals surface area contributed by atoms with Crippen molar-refractivity contribution in [2.75, 3.05) is 5.32 Å². The lowest BCUT2D eigenvalue weighted by atomic mass is 10.2. The zero-order valence-corrected chi connectivity index (χ0v) is 10.5. The van der Waals surface area contributed by atoms with Gasteiger partial charge < -0.3 is 0 Å². The number of hydrogen-bond donors (Lipinski definition) is 2. The number of carbonyl (C=O) groups is 1. The topological polar surface area (TPSA) is 54.9 Å². The fourth-order valence-electron chi connectivity index (χ4n) is 1.17. The Morgan fingerprint density at radius 1 is 1.53 bits per heavy atom. The van der Waals surface area contributed by atoms with E-state index in [-0.39, 0.29) is 10.8 Å². The summed E-state index contributed by atoms with van der Waals surface area (Å²) in [5.41, 5.74) is 0.323. The van der Waals surface area contributed by atoms with Crippen molar-refractivity contribution in [1.82, 2.24) is 9.36 Å². The summed E-state index contributed by atoms with van der Waals surface area (Å²) >= 11 is 5.01. The van der Waals surface area contributed by atoms with E-state index in [2.05, 4.69) is 27.3 Å². The van der Waals surface area contributed by atoms with E-state index in [1.54, 1.807) is 6.92 Å². The average Bonchev–Trinajstić information content (AvgIpc) is 2.68.